The zero-order chi connectivity index (χ0) is 12.6. The number of alkyl halides is 1. The first-order chi connectivity index (χ1) is 7.56. The van der Waals surface area contributed by atoms with Gasteiger partial charge in [0, 0.05) is 0 Å². The number of aldehydes is 1. The molecule has 0 amide bonds. The van der Waals surface area contributed by atoms with Crippen molar-refractivity contribution in [1.82, 2.24) is 0 Å². The van der Waals surface area contributed by atoms with Crippen LogP contribution in [0.5, 0.6) is 0 Å². The second-order valence-electron chi connectivity index (χ2n) is 2.94. The van der Waals surface area contributed by atoms with E-state index in [1.165, 1.54) is 0 Å². The van der Waals surface area contributed by atoms with Crippen molar-refractivity contribution in [3.8, 4) is 0 Å². The minimum Gasteiger partial charge on any atom is -0.465 e. The van der Waals surface area contributed by atoms with E-state index in [9.17, 15) is 14.4 Å². The summed E-state index contributed by atoms with van der Waals surface area (Å²) in [7, 11) is 0. The van der Waals surface area contributed by atoms with E-state index in [1.807, 2.05) is 0 Å². The molecule has 92 valence electrons. The fraction of sp³-hybridized carbons (Fsp3) is 0.700. The SMILES string of the molecule is CCOC(=O)C(CC(Br)C=O)C(=O)OCC. The molecule has 0 aromatic rings. The van der Waals surface area contributed by atoms with E-state index in [4.69, 9.17) is 9.47 Å². The molecule has 0 aliphatic carbocycles. The van der Waals surface area contributed by atoms with Crippen molar-refractivity contribution in [2.45, 2.75) is 25.1 Å². The van der Waals surface area contributed by atoms with E-state index in [2.05, 4.69) is 15.9 Å². The van der Waals surface area contributed by atoms with Crippen LogP contribution in [-0.4, -0.2) is 36.3 Å². The number of ether oxygens (including phenoxy) is 2. The number of esters is 2. The lowest BCUT2D eigenvalue weighted by Gasteiger charge is -2.14. The lowest BCUT2D eigenvalue weighted by molar-refractivity contribution is -0.161. The Morgan fingerprint density at radius 3 is 1.94 bits per heavy atom. The fourth-order valence-corrected chi connectivity index (χ4v) is 1.43. The number of carbonyl (C=O) groups excluding carboxylic acids is 3. The van der Waals surface area contributed by atoms with Crippen LogP contribution in [0.2, 0.25) is 0 Å². The molecule has 0 aliphatic rings. The lowest BCUT2D eigenvalue weighted by atomic mass is 10.0. The normalized spacial score (nSPS) is 12.0. The van der Waals surface area contributed by atoms with E-state index >= 15 is 0 Å². The van der Waals surface area contributed by atoms with E-state index in [0.717, 1.165) is 0 Å². The molecule has 0 aromatic carbocycles. The van der Waals surface area contributed by atoms with Crippen LogP contribution >= 0.6 is 15.9 Å². The van der Waals surface area contributed by atoms with Crippen molar-refractivity contribution in [3.05, 3.63) is 0 Å². The quantitative estimate of drug-likeness (QED) is 0.304. The highest BCUT2D eigenvalue weighted by molar-refractivity contribution is 9.09. The van der Waals surface area contributed by atoms with Crippen molar-refractivity contribution >= 4 is 34.2 Å². The summed E-state index contributed by atoms with van der Waals surface area (Å²) in [5.74, 6) is -2.37. The molecule has 6 heteroatoms. The van der Waals surface area contributed by atoms with Crippen LogP contribution in [0.1, 0.15) is 20.3 Å². The highest BCUT2D eigenvalue weighted by Crippen LogP contribution is 2.15. The Labute approximate surface area is 103 Å². The maximum atomic E-state index is 11.5. The van der Waals surface area contributed by atoms with E-state index < -0.39 is 22.7 Å². The number of halogens is 1. The maximum absolute atomic E-state index is 11.5. The smallest absolute Gasteiger partial charge is 0.320 e. The first kappa shape index (κ1) is 15.1. The predicted molar refractivity (Wildman–Crippen MR) is 60.2 cm³/mol. The molecule has 16 heavy (non-hydrogen) atoms. The number of hydrogen-bond acceptors (Lipinski definition) is 5. The zero-order valence-electron chi connectivity index (χ0n) is 9.27. The van der Waals surface area contributed by atoms with Crippen LogP contribution < -0.4 is 0 Å². The average molecular weight is 295 g/mol. The van der Waals surface area contributed by atoms with Gasteiger partial charge in [-0.2, -0.15) is 0 Å². The Bertz CT molecular complexity index is 236. The minimum absolute atomic E-state index is 0.0428. The number of rotatable bonds is 7. The molecule has 1 atom stereocenters. The predicted octanol–water partition coefficient (Wildman–Crippen LogP) is 1.08. The minimum atomic E-state index is -1.05. The first-order valence-electron chi connectivity index (χ1n) is 4.99. The summed E-state index contributed by atoms with van der Waals surface area (Å²) < 4.78 is 9.48. The molecule has 1 unspecified atom stereocenters. The molecule has 0 saturated carbocycles. The van der Waals surface area contributed by atoms with Gasteiger partial charge in [-0.15, -0.1) is 0 Å². The highest BCUT2D eigenvalue weighted by atomic mass is 79.9. The van der Waals surface area contributed by atoms with Crippen LogP contribution in [-0.2, 0) is 23.9 Å². The van der Waals surface area contributed by atoms with Gasteiger partial charge in [-0.25, -0.2) is 0 Å². The third-order valence-corrected chi connectivity index (χ3v) is 2.34. The third kappa shape index (κ3) is 5.25. The zero-order valence-corrected chi connectivity index (χ0v) is 10.9. The second kappa shape index (κ2) is 8.27. The number of carbonyl (C=O) groups is 3. The van der Waals surface area contributed by atoms with Crippen molar-refractivity contribution < 1.29 is 23.9 Å². The molecule has 0 heterocycles. The van der Waals surface area contributed by atoms with Crippen LogP contribution in [0, 0.1) is 5.92 Å². The third-order valence-electron chi connectivity index (χ3n) is 1.75. The van der Waals surface area contributed by atoms with E-state index in [1.54, 1.807) is 13.8 Å². The molecule has 0 aliphatic heterocycles. The first-order valence-corrected chi connectivity index (χ1v) is 5.90. The van der Waals surface area contributed by atoms with Gasteiger partial charge in [0.15, 0.2) is 5.92 Å². The van der Waals surface area contributed by atoms with E-state index in [0.29, 0.717) is 6.29 Å². The summed E-state index contributed by atoms with van der Waals surface area (Å²) >= 11 is 3.03. The molecule has 0 aromatic heterocycles. The van der Waals surface area contributed by atoms with Crippen LogP contribution in [0.3, 0.4) is 0 Å². The Morgan fingerprint density at radius 2 is 1.62 bits per heavy atom. The van der Waals surface area contributed by atoms with Crippen LogP contribution in [0.25, 0.3) is 0 Å². The van der Waals surface area contributed by atoms with Gasteiger partial charge in [-0.05, 0) is 20.3 Å². The van der Waals surface area contributed by atoms with E-state index in [-0.39, 0.29) is 19.6 Å². The van der Waals surface area contributed by atoms with Gasteiger partial charge >= 0.3 is 11.9 Å². The summed E-state index contributed by atoms with van der Waals surface area (Å²) in [6, 6.07) is 0. The molecule has 0 spiro atoms. The molecule has 0 fully saturated rings. The van der Waals surface area contributed by atoms with Gasteiger partial charge in [0.2, 0.25) is 0 Å². The van der Waals surface area contributed by atoms with Crippen molar-refractivity contribution in [2.75, 3.05) is 13.2 Å². The topological polar surface area (TPSA) is 69.7 Å². The van der Waals surface area contributed by atoms with Crippen molar-refractivity contribution in [3.63, 3.8) is 0 Å². The Kier molecular flexibility index (Phi) is 7.80. The molecule has 0 rings (SSSR count). The summed E-state index contributed by atoms with van der Waals surface area (Å²) in [5.41, 5.74) is 0. The molecular weight excluding hydrogens is 280 g/mol. The van der Waals surface area contributed by atoms with Gasteiger partial charge < -0.3 is 14.3 Å². The molecule has 0 N–H and O–H groups in total. The van der Waals surface area contributed by atoms with Gasteiger partial charge in [-0.1, -0.05) is 15.9 Å². The van der Waals surface area contributed by atoms with Gasteiger partial charge in [-0.3, -0.25) is 9.59 Å². The average Bonchev–Trinajstić information content (AvgIpc) is 2.25. The van der Waals surface area contributed by atoms with Crippen molar-refractivity contribution in [2.24, 2.45) is 5.92 Å². The lowest BCUT2D eigenvalue weighted by Crippen LogP contribution is -2.30. The number of hydrogen-bond donors (Lipinski definition) is 0. The largest absolute Gasteiger partial charge is 0.465 e. The molecular formula is C10H15BrO5. The maximum Gasteiger partial charge on any atom is 0.320 e. The Morgan fingerprint density at radius 1 is 1.19 bits per heavy atom. The standard InChI is InChI=1S/C10H15BrO5/c1-3-15-9(13)8(5-7(11)6-12)10(14)16-4-2/h6-8H,3-5H2,1-2H3. The summed E-state index contributed by atoms with van der Waals surface area (Å²) in [5, 5.41) is 0. The molecule has 0 saturated heterocycles. The monoisotopic (exact) mass is 294 g/mol. The van der Waals surface area contributed by atoms with Gasteiger partial charge in [0.25, 0.3) is 0 Å². The summed E-state index contributed by atoms with van der Waals surface area (Å²) in [6.07, 6.45) is 0.659. The molecule has 0 radical (unpaired) electrons. The van der Waals surface area contributed by atoms with Gasteiger partial charge in [0.1, 0.15) is 6.29 Å². The van der Waals surface area contributed by atoms with Crippen LogP contribution in [0.15, 0.2) is 0 Å². The van der Waals surface area contributed by atoms with Gasteiger partial charge in [0.05, 0.1) is 18.0 Å². The summed E-state index contributed by atoms with van der Waals surface area (Å²) in [4.78, 5) is 32.8. The molecule has 0 bridgehead atoms. The Hall–Kier alpha value is -0.910. The highest BCUT2D eigenvalue weighted by Gasteiger charge is 2.31. The fourth-order valence-electron chi connectivity index (χ4n) is 1.06. The molecule has 5 nitrogen and oxygen atoms in total. The Balaban J connectivity index is 4.54. The second-order valence-corrected chi connectivity index (χ2v) is 4.12. The van der Waals surface area contributed by atoms with Crippen molar-refractivity contribution in [1.29, 1.82) is 0 Å². The summed E-state index contributed by atoms with van der Waals surface area (Å²) in [6.45, 7) is 3.66. The van der Waals surface area contributed by atoms with Crippen LogP contribution in [0.4, 0.5) is 0 Å².